The minimum absolute atomic E-state index is 0.0118. The molecule has 0 saturated carbocycles. The first-order valence-electron chi connectivity index (χ1n) is 8.32. The van der Waals surface area contributed by atoms with Gasteiger partial charge in [0.1, 0.15) is 5.78 Å². The van der Waals surface area contributed by atoms with Gasteiger partial charge in [-0.1, -0.05) is 0 Å². The summed E-state index contributed by atoms with van der Waals surface area (Å²) < 4.78 is 0. The molecule has 7 nitrogen and oxygen atoms in total. The third-order valence-corrected chi connectivity index (χ3v) is 3.95. The van der Waals surface area contributed by atoms with Crippen molar-refractivity contribution in [2.24, 2.45) is 0 Å². The predicted molar refractivity (Wildman–Crippen MR) is 89.1 cm³/mol. The van der Waals surface area contributed by atoms with Gasteiger partial charge in [0, 0.05) is 39.0 Å². The molecule has 1 aliphatic heterocycles. The van der Waals surface area contributed by atoms with Crippen LogP contribution in [0.2, 0.25) is 0 Å². The summed E-state index contributed by atoms with van der Waals surface area (Å²) in [7, 11) is 4.05. The Morgan fingerprint density at radius 1 is 1.13 bits per heavy atom. The fourth-order valence-electron chi connectivity index (χ4n) is 2.60. The molecule has 0 radical (unpaired) electrons. The van der Waals surface area contributed by atoms with Gasteiger partial charge in [0.05, 0.1) is 6.04 Å². The second-order valence-corrected chi connectivity index (χ2v) is 6.34. The summed E-state index contributed by atoms with van der Waals surface area (Å²) in [5.41, 5.74) is 0. The molecule has 0 bridgehead atoms. The number of amides is 2. The molecular formula is C16H30N4O3. The van der Waals surface area contributed by atoms with Gasteiger partial charge < -0.3 is 15.5 Å². The largest absolute Gasteiger partial charge is 0.356 e. The Labute approximate surface area is 138 Å². The number of nitrogens with zero attached hydrogens (tertiary/aromatic N) is 2. The monoisotopic (exact) mass is 335 g/mol. The van der Waals surface area contributed by atoms with Crippen LogP contribution in [0.1, 0.15) is 32.6 Å². The van der Waals surface area contributed by atoms with Crippen molar-refractivity contribution in [1.82, 2.24) is 20.4 Å². The maximum Gasteiger partial charge on any atom is 0.237 e. The number of Topliss-reactive ketones (excluding diaryl/α,β-unsaturated/α-hetero) is 1. The highest BCUT2D eigenvalue weighted by atomic mass is 16.2. The first-order valence-corrected chi connectivity index (χ1v) is 8.32. The highest BCUT2D eigenvalue weighted by Gasteiger charge is 2.30. The molecule has 1 atom stereocenters. The molecule has 0 spiro atoms. The molecule has 0 aliphatic carbocycles. The molecule has 0 aromatic rings. The van der Waals surface area contributed by atoms with E-state index in [2.05, 4.69) is 20.4 Å². The maximum atomic E-state index is 12.2. The van der Waals surface area contributed by atoms with Gasteiger partial charge in [-0.05, 0) is 40.4 Å². The lowest BCUT2D eigenvalue weighted by molar-refractivity contribution is -0.125. The van der Waals surface area contributed by atoms with Gasteiger partial charge in [-0.25, -0.2) is 0 Å². The Morgan fingerprint density at radius 3 is 2.48 bits per heavy atom. The molecule has 1 aliphatic rings. The van der Waals surface area contributed by atoms with Gasteiger partial charge in [-0.3, -0.25) is 19.3 Å². The normalized spacial score (nSPS) is 18.2. The molecule has 0 aromatic heterocycles. The van der Waals surface area contributed by atoms with E-state index in [1.54, 1.807) is 0 Å². The van der Waals surface area contributed by atoms with Crippen molar-refractivity contribution in [2.75, 3.05) is 46.8 Å². The fourth-order valence-corrected chi connectivity index (χ4v) is 2.60. The average molecular weight is 335 g/mol. The standard InChI is InChI=1S/C16H30N4O3/c1-13(21)6-8-17-15(22)7-9-18-16(23)14-5-4-10-20(14)12-11-19(2)3/h14H,4-12H2,1-3H3,(H,17,22)(H,18,23)/i2+1,3+1,6+1,8+1,11+1,13+1,16+1,19+1,20+1. The van der Waals surface area contributed by atoms with Crippen LogP contribution in [0.5, 0.6) is 0 Å². The second kappa shape index (κ2) is 10.3. The molecule has 0 aromatic carbocycles. The van der Waals surface area contributed by atoms with Crippen molar-refractivity contribution in [2.45, 2.75) is 38.6 Å². The topological polar surface area (TPSA) is 81.8 Å². The molecule has 23 heavy (non-hydrogen) atoms. The van der Waals surface area contributed by atoms with Crippen molar-refractivity contribution in [3.8, 4) is 0 Å². The number of rotatable bonds is 10. The van der Waals surface area contributed by atoms with Crippen LogP contribution in [-0.2, 0) is 14.4 Å². The van der Waals surface area contributed by atoms with Gasteiger partial charge in [0.15, 0.2) is 0 Å². The Balaban J connectivity index is 2.22. The number of hydrogen-bond donors (Lipinski definition) is 2. The van der Waals surface area contributed by atoms with Gasteiger partial charge in [0.2, 0.25) is 11.8 Å². The van der Waals surface area contributed by atoms with Crippen LogP contribution < -0.4 is 10.6 Å². The summed E-state index contributed by atoms with van der Waals surface area (Å²) in [5.74, 6) is -0.0714. The highest BCUT2D eigenvalue weighted by molar-refractivity contribution is 5.83. The van der Waals surface area contributed by atoms with E-state index in [-0.39, 0.29) is 30.1 Å². The van der Waals surface area contributed by atoms with E-state index in [4.69, 9.17) is 0 Å². The summed E-state index contributed by atoms with van der Waals surface area (Å²) in [4.78, 5) is 38.9. The molecule has 1 rings (SSSR count). The third-order valence-electron chi connectivity index (χ3n) is 3.95. The summed E-state index contributed by atoms with van der Waals surface area (Å²) in [6.45, 7) is 4.97. The summed E-state index contributed by atoms with van der Waals surface area (Å²) >= 11 is 0. The van der Waals surface area contributed by atoms with E-state index in [1.165, 1.54) is 6.92 Å². The summed E-state index contributed by atoms with van der Waals surface area (Å²) in [6.07, 6.45) is 2.51. The van der Waals surface area contributed by atoms with E-state index < -0.39 is 0 Å². The minimum Gasteiger partial charge on any atom is -0.356 e. The Hall–Kier alpha value is -1.47. The number of nitrogens with one attached hydrogen (secondary N) is 2. The van der Waals surface area contributed by atoms with Crippen molar-refractivity contribution in [3.05, 3.63) is 0 Å². The van der Waals surface area contributed by atoms with E-state index in [0.29, 0.717) is 19.5 Å². The Kier molecular flexibility index (Phi) is 8.79. The zero-order valence-corrected chi connectivity index (χ0v) is 14.6. The summed E-state index contributed by atoms with van der Waals surface area (Å²) in [6, 6.07) is -0.0734. The van der Waals surface area contributed by atoms with Crippen LogP contribution in [0.15, 0.2) is 0 Å². The van der Waals surface area contributed by atoms with Crippen molar-refractivity contribution >= 4 is 17.6 Å². The van der Waals surface area contributed by atoms with Crippen LogP contribution >= 0.6 is 0 Å². The Bertz CT molecular complexity index is 412. The number of likely N-dealkylation sites (N-methyl/N-ethyl adjacent to an activating group) is 1. The fraction of sp³-hybridized carbons (Fsp3) is 0.812. The molecule has 1 saturated heterocycles. The first-order chi connectivity index (χ1) is 10.9. The number of carbonyl (C=O) groups is 3. The quantitative estimate of drug-likeness (QED) is 0.420. The van der Waals surface area contributed by atoms with Crippen molar-refractivity contribution in [3.63, 3.8) is 0 Å². The molecule has 1 fully saturated rings. The van der Waals surface area contributed by atoms with E-state index in [1.807, 2.05) is 14.1 Å². The van der Waals surface area contributed by atoms with E-state index >= 15 is 0 Å². The molecule has 2 amide bonds. The van der Waals surface area contributed by atoms with E-state index in [9.17, 15) is 14.4 Å². The minimum atomic E-state index is -0.137. The maximum absolute atomic E-state index is 12.2. The number of ketones is 1. The van der Waals surface area contributed by atoms with Crippen LogP contribution in [0.25, 0.3) is 0 Å². The lowest BCUT2D eigenvalue weighted by Gasteiger charge is -2.25. The molecule has 2 N–H and O–H groups in total. The van der Waals surface area contributed by atoms with Crippen molar-refractivity contribution < 1.29 is 14.4 Å². The summed E-state index contributed by atoms with van der Waals surface area (Å²) in [5, 5.41) is 5.52. The highest BCUT2D eigenvalue weighted by Crippen LogP contribution is 2.16. The predicted octanol–water partition coefficient (Wildman–Crippen LogP) is -0.386. The van der Waals surface area contributed by atoms with Gasteiger partial charge in [0.25, 0.3) is 0 Å². The van der Waals surface area contributed by atoms with Crippen molar-refractivity contribution in [1.29, 1.82) is 0 Å². The molecular weight excluding hydrogens is 305 g/mol. The van der Waals surface area contributed by atoms with E-state index in [0.717, 1.165) is 32.5 Å². The SMILES string of the molecule is C[13C](=O)[13CH2][13CH2]NC(=O)CCN[13C](=O)C1CCC[15N]1C[13CH2][15N]([13CH3])[13CH3]. The zero-order valence-electron chi connectivity index (χ0n) is 14.6. The smallest absolute Gasteiger partial charge is 0.237 e. The second-order valence-electron chi connectivity index (χ2n) is 6.34. The lowest BCUT2D eigenvalue weighted by Crippen LogP contribution is -2.46. The van der Waals surface area contributed by atoms with Gasteiger partial charge >= 0.3 is 0 Å². The molecule has 132 valence electrons. The molecule has 7 heteroatoms. The first kappa shape index (κ1) is 19.6. The zero-order chi connectivity index (χ0) is 17.2. The van der Waals surface area contributed by atoms with Gasteiger partial charge in [-0.15, -0.1) is 0 Å². The Morgan fingerprint density at radius 2 is 1.83 bits per heavy atom. The van der Waals surface area contributed by atoms with Crippen LogP contribution in [-0.4, -0.2) is 80.3 Å². The van der Waals surface area contributed by atoms with Crippen LogP contribution in [0.3, 0.4) is 0 Å². The number of likely N-dealkylation sites (tertiary alicyclic amines) is 1. The molecule has 1 heterocycles. The number of carbonyl (C=O) groups excluding carboxylic acids is 3. The number of hydrogen-bond acceptors (Lipinski definition) is 5. The average Bonchev–Trinajstić information content (AvgIpc) is 2.93. The van der Waals surface area contributed by atoms with Crippen LogP contribution in [0.4, 0.5) is 0 Å². The lowest BCUT2D eigenvalue weighted by atomic mass is 10.3. The third kappa shape index (κ3) is 8.08. The van der Waals surface area contributed by atoms with Gasteiger partial charge in [-0.2, -0.15) is 0 Å². The van der Waals surface area contributed by atoms with Crippen LogP contribution in [0, 0.1) is 0 Å². The molecule has 1 unspecified atom stereocenters.